The third-order valence-electron chi connectivity index (χ3n) is 4.97. The number of carbonyl (C=O) groups excluding carboxylic acids is 4. The molecule has 0 unspecified atom stereocenters. The summed E-state index contributed by atoms with van der Waals surface area (Å²) in [5.74, 6) is -1.26. The minimum Gasteiger partial charge on any atom is -0.339 e. The lowest BCUT2D eigenvalue weighted by Crippen LogP contribution is -2.52. The van der Waals surface area contributed by atoms with Crippen LogP contribution in [0.25, 0.3) is 0 Å². The van der Waals surface area contributed by atoms with Crippen molar-refractivity contribution in [2.75, 3.05) is 32.7 Å². The summed E-state index contributed by atoms with van der Waals surface area (Å²) in [4.78, 5) is 52.8. The van der Waals surface area contributed by atoms with Gasteiger partial charge < -0.3 is 9.80 Å². The van der Waals surface area contributed by atoms with Crippen LogP contribution in [0.1, 0.15) is 19.8 Å². The van der Waals surface area contributed by atoms with Crippen molar-refractivity contribution in [3.63, 3.8) is 0 Å². The number of rotatable bonds is 2. The number of carbonyl (C=O) groups is 4. The SMILES string of the molecule is CC(=O)N1CCN(C(=O)CN2C(=O)[C@H]3CC=CC[C@H]3C2=O)CC1. The highest BCUT2D eigenvalue weighted by Gasteiger charge is 2.47. The van der Waals surface area contributed by atoms with Crippen molar-refractivity contribution in [1.82, 2.24) is 14.7 Å². The first-order valence-electron chi connectivity index (χ1n) is 8.02. The fourth-order valence-corrected chi connectivity index (χ4v) is 3.53. The number of nitrogens with zero attached hydrogens (tertiary/aromatic N) is 3. The van der Waals surface area contributed by atoms with Crippen LogP contribution < -0.4 is 0 Å². The Morgan fingerprint density at radius 3 is 1.91 bits per heavy atom. The number of likely N-dealkylation sites (tertiary alicyclic amines) is 1. The zero-order valence-electron chi connectivity index (χ0n) is 13.2. The van der Waals surface area contributed by atoms with E-state index < -0.39 is 0 Å². The molecule has 2 saturated heterocycles. The molecule has 0 bridgehead atoms. The maximum absolute atomic E-state index is 12.4. The average molecular weight is 319 g/mol. The fourth-order valence-electron chi connectivity index (χ4n) is 3.53. The smallest absolute Gasteiger partial charge is 0.242 e. The summed E-state index contributed by atoms with van der Waals surface area (Å²) < 4.78 is 0. The summed E-state index contributed by atoms with van der Waals surface area (Å²) in [6, 6.07) is 0. The van der Waals surface area contributed by atoms with Crippen molar-refractivity contribution in [2.24, 2.45) is 11.8 Å². The van der Waals surface area contributed by atoms with Gasteiger partial charge in [-0.3, -0.25) is 24.1 Å². The lowest BCUT2D eigenvalue weighted by molar-refractivity contribution is -0.147. The molecule has 0 saturated carbocycles. The van der Waals surface area contributed by atoms with Gasteiger partial charge in [0.1, 0.15) is 6.54 Å². The quantitative estimate of drug-likeness (QED) is 0.514. The number of allylic oxidation sites excluding steroid dienone is 2. The van der Waals surface area contributed by atoms with E-state index in [4.69, 9.17) is 0 Å². The van der Waals surface area contributed by atoms with E-state index in [1.807, 2.05) is 12.2 Å². The molecular weight excluding hydrogens is 298 g/mol. The van der Waals surface area contributed by atoms with Crippen molar-refractivity contribution < 1.29 is 19.2 Å². The van der Waals surface area contributed by atoms with Gasteiger partial charge in [-0.05, 0) is 12.8 Å². The van der Waals surface area contributed by atoms with Crippen LogP contribution in [0.3, 0.4) is 0 Å². The third kappa shape index (κ3) is 2.87. The minimum atomic E-state index is -0.296. The number of imide groups is 1. The first kappa shape index (κ1) is 15.7. The number of fused-ring (bicyclic) bond motifs is 1. The molecule has 0 aromatic heterocycles. The van der Waals surface area contributed by atoms with Gasteiger partial charge in [0.05, 0.1) is 11.8 Å². The van der Waals surface area contributed by atoms with Gasteiger partial charge in [-0.1, -0.05) is 12.2 Å². The predicted molar refractivity (Wildman–Crippen MR) is 80.9 cm³/mol. The number of amides is 4. The van der Waals surface area contributed by atoms with E-state index in [2.05, 4.69) is 0 Å². The van der Waals surface area contributed by atoms with Crippen molar-refractivity contribution in [2.45, 2.75) is 19.8 Å². The molecular formula is C16H21N3O4. The average Bonchev–Trinajstić information content (AvgIpc) is 2.80. The van der Waals surface area contributed by atoms with E-state index in [9.17, 15) is 19.2 Å². The summed E-state index contributed by atoms with van der Waals surface area (Å²) in [5.41, 5.74) is 0. The lowest BCUT2D eigenvalue weighted by Gasteiger charge is -2.34. The summed E-state index contributed by atoms with van der Waals surface area (Å²) in [6.45, 7) is 3.22. The maximum Gasteiger partial charge on any atom is 0.242 e. The van der Waals surface area contributed by atoms with Crippen molar-refractivity contribution in [3.05, 3.63) is 12.2 Å². The van der Waals surface area contributed by atoms with Crippen LogP contribution in [0.5, 0.6) is 0 Å². The Morgan fingerprint density at radius 1 is 0.957 bits per heavy atom. The summed E-state index contributed by atoms with van der Waals surface area (Å²) in [7, 11) is 0. The molecule has 2 aliphatic heterocycles. The van der Waals surface area contributed by atoms with Gasteiger partial charge in [-0.2, -0.15) is 0 Å². The van der Waals surface area contributed by atoms with Crippen LogP contribution in [-0.4, -0.2) is 71.1 Å². The summed E-state index contributed by atoms with van der Waals surface area (Å²) in [6.07, 6.45) is 5.02. The third-order valence-corrected chi connectivity index (χ3v) is 4.97. The van der Waals surface area contributed by atoms with Crippen LogP contribution in [0, 0.1) is 11.8 Å². The van der Waals surface area contributed by atoms with Gasteiger partial charge in [0, 0.05) is 33.1 Å². The predicted octanol–water partition coefficient (Wildman–Crippen LogP) is -0.372. The molecule has 23 heavy (non-hydrogen) atoms. The van der Waals surface area contributed by atoms with Crippen LogP contribution in [0.4, 0.5) is 0 Å². The molecule has 4 amide bonds. The second-order valence-corrected chi connectivity index (χ2v) is 6.31. The highest BCUT2D eigenvalue weighted by atomic mass is 16.2. The van der Waals surface area contributed by atoms with E-state index in [-0.39, 0.29) is 42.0 Å². The lowest BCUT2D eigenvalue weighted by atomic mass is 9.85. The minimum absolute atomic E-state index is 0.00132. The van der Waals surface area contributed by atoms with Crippen molar-refractivity contribution >= 4 is 23.6 Å². The Labute approximate surface area is 134 Å². The van der Waals surface area contributed by atoms with Crippen LogP contribution in [0.15, 0.2) is 12.2 Å². The number of hydrogen-bond acceptors (Lipinski definition) is 4. The Hall–Kier alpha value is -2.18. The normalized spacial score (nSPS) is 27.4. The molecule has 124 valence electrons. The molecule has 3 aliphatic rings. The largest absolute Gasteiger partial charge is 0.339 e. The summed E-state index contributed by atoms with van der Waals surface area (Å²) in [5, 5.41) is 0. The molecule has 2 fully saturated rings. The Morgan fingerprint density at radius 2 is 1.43 bits per heavy atom. The van der Waals surface area contributed by atoms with Gasteiger partial charge in [-0.15, -0.1) is 0 Å². The topological polar surface area (TPSA) is 78.0 Å². The number of piperazine rings is 1. The van der Waals surface area contributed by atoms with Crippen LogP contribution >= 0.6 is 0 Å². The molecule has 1 aliphatic carbocycles. The first-order valence-corrected chi connectivity index (χ1v) is 8.02. The van der Waals surface area contributed by atoms with E-state index in [1.54, 1.807) is 9.80 Å². The molecule has 0 N–H and O–H groups in total. The highest BCUT2D eigenvalue weighted by molar-refractivity contribution is 6.07. The van der Waals surface area contributed by atoms with Gasteiger partial charge in [0.25, 0.3) is 0 Å². The van der Waals surface area contributed by atoms with Crippen LogP contribution in [-0.2, 0) is 19.2 Å². The van der Waals surface area contributed by atoms with Crippen LogP contribution in [0.2, 0.25) is 0 Å². The monoisotopic (exact) mass is 319 g/mol. The number of hydrogen-bond donors (Lipinski definition) is 0. The van der Waals surface area contributed by atoms with E-state index >= 15 is 0 Å². The molecule has 0 aromatic rings. The Balaban J connectivity index is 1.59. The zero-order chi connectivity index (χ0) is 16.6. The van der Waals surface area contributed by atoms with Gasteiger partial charge in [0.2, 0.25) is 23.6 Å². The van der Waals surface area contributed by atoms with E-state index in [1.165, 1.54) is 6.92 Å². The van der Waals surface area contributed by atoms with Crippen molar-refractivity contribution in [1.29, 1.82) is 0 Å². The van der Waals surface area contributed by atoms with E-state index in [0.717, 1.165) is 4.90 Å². The van der Waals surface area contributed by atoms with Gasteiger partial charge >= 0.3 is 0 Å². The van der Waals surface area contributed by atoms with Crippen molar-refractivity contribution in [3.8, 4) is 0 Å². The summed E-state index contributed by atoms with van der Waals surface area (Å²) >= 11 is 0. The standard InChI is InChI=1S/C16H21N3O4/c1-11(20)17-6-8-18(9-7-17)14(21)10-19-15(22)12-4-2-3-5-13(12)16(19)23/h2-3,12-13H,4-10H2,1H3/t12-,13+. The second kappa shape index (κ2) is 6.14. The molecule has 0 radical (unpaired) electrons. The molecule has 2 atom stereocenters. The molecule has 0 spiro atoms. The zero-order valence-corrected chi connectivity index (χ0v) is 13.2. The molecule has 2 heterocycles. The molecule has 7 heteroatoms. The Bertz CT molecular complexity index is 552. The van der Waals surface area contributed by atoms with Gasteiger partial charge in [-0.25, -0.2) is 0 Å². The Kier molecular flexibility index (Phi) is 4.19. The fraction of sp³-hybridized carbons (Fsp3) is 0.625. The highest BCUT2D eigenvalue weighted by Crippen LogP contribution is 2.34. The molecule has 7 nitrogen and oxygen atoms in total. The molecule has 3 rings (SSSR count). The molecule has 0 aromatic carbocycles. The van der Waals surface area contributed by atoms with Gasteiger partial charge in [0.15, 0.2) is 0 Å². The second-order valence-electron chi connectivity index (χ2n) is 6.31. The maximum atomic E-state index is 12.4. The first-order chi connectivity index (χ1) is 11.0. The van der Waals surface area contributed by atoms with E-state index in [0.29, 0.717) is 39.0 Å².